The minimum Gasteiger partial charge on any atom is -0.481 e. The molecule has 0 bridgehead atoms. The molecule has 118 valence electrons. The third-order valence-corrected chi connectivity index (χ3v) is 4.46. The molecule has 20 heavy (non-hydrogen) atoms. The Balaban J connectivity index is 4.80. The summed E-state index contributed by atoms with van der Waals surface area (Å²) in [7, 11) is 0. The molecule has 0 aromatic rings. The maximum Gasteiger partial charge on any atom is 0.305 e. The fraction of sp³-hybridized carbons (Fsp3) is 0.867. The Kier molecular flexibility index (Phi) is 8.46. The predicted octanol–water partition coefficient (Wildman–Crippen LogP) is 2.00. The van der Waals surface area contributed by atoms with Gasteiger partial charge in [0.05, 0.1) is 12.5 Å². The largest absolute Gasteiger partial charge is 0.481 e. The molecule has 0 aliphatic heterocycles. The van der Waals surface area contributed by atoms with Crippen LogP contribution >= 0.6 is 0 Å². The van der Waals surface area contributed by atoms with Crippen molar-refractivity contribution < 1.29 is 14.7 Å². The molecule has 4 N–H and O–H groups in total. The highest BCUT2D eigenvalue weighted by atomic mass is 16.4. The van der Waals surface area contributed by atoms with E-state index in [0.717, 1.165) is 12.8 Å². The number of hydrogen-bond donors (Lipinski definition) is 3. The lowest BCUT2D eigenvalue weighted by atomic mass is 9.85. The maximum atomic E-state index is 12.1. The van der Waals surface area contributed by atoms with Crippen LogP contribution in [0.15, 0.2) is 0 Å². The molecule has 5 nitrogen and oxygen atoms in total. The first-order chi connectivity index (χ1) is 9.24. The van der Waals surface area contributed by atoms with Crippen molar-refractivity contribution >= 4 is 11.9 Å². The van der Waals surface area contributed by atoms with E-state index in [-0.39, 0.29) is 30.2 Å². The molecule has 0 spiro atoms. The van der Waals surface area contributed by atoms with Gasteiger partial charge in [0.15, 0.2) is 0 Å². The molecule has 0 saturated carbocycles. The molecule has 0 saturated heterocycles. The second kappa shape index (κ2) is 8.95. The van der Waals surface area contributed by atoms with Crippen LogP contribution in [-0.4, -0.2) is 29.1 Å². The predicted molar refractivity (Wildman–Crippen MR) is 80.2 cm³/mol. The zero-order valence-corrected chi connectivity index (χ0v) is 13.3. The maximum absolute atomic E-state index is 12.1. The summed E-state index contributed by atoms with van der Waals surface area (Å²) in [4.78, 5) is 23.1. The number of nitrogens with two attached hydrogens (primary N) is 1. The minimum absolute atomic E-state index is 0.0650. The monoisotopic (exact) mass is 286 g/mol. The van der Waals surface area contributed by atoms with E-state index in [9.17, 15) is 9.59 Å². The molecule has 0 aliphatic carbocycles. The first kappa shape index (κ1) is 18.9. The van der Waals surface area contributed by atoms with Gasteiger partial charge in [0.2, 0.25) is 5.91 Å². The summed E-state index contributed by atoms with van der Waals surface area (Å²) < 4.78 is 0. The zero-order chi connectivity index (χ0) is 15.9. The molecule has 0 rings (SSSR count). The smallest absolute Gasteiger partial charge is 0.305 e. The Bertz CT molecular complexity index is 320. The Morgan fingerprint density at radius 3 is 2.00 bits per heavy atom. The summed E-state index contributed by atoms with van der Waals surface area (Å²) in [6, 6.07) is -0.953. The quantitative estimate of drug-likeness (QED) is 0.604. The highest BCUT2D eigenvalue weighted by Crippen LogP contribution is 2.21. The third kappa shape index (κ3) is 5.90. The van der Waals surface area contributed by atoms with Gasteiger partial charge in [0.25, 0.3) is 0 Å². The molecule has 0 radical (unpaired) electrons. The van der Waals surface area contributed by atoms with Crippen LogP contribution in [0.4, 0.5) is 0 Å². The second-order valence-electron chi connectivity index (χ2n) is 5.87. The Hall–Kier alpha value is -1.10. The number of carbonyl (C=O) groups is 2. The van der Waals surface area contributed by atoms with Gasteiger partial charge in [-0.25, -0.2) is 0 Å². The summed E-state index contributed by atoms with van der Waals surface area (Å²) in [6.07, 6.45) is 1.70. The van der Waals surface area contributed by atoms with E-state index in [2.05, 4.69) is 19.2 Å². The van der Waals surface area contributed by atoms with Crippen molar-refractivity contribution in [3.05, 3.63) is 0 Å². The van der Waals surface area contributed by atoms with Crippen LogP contribution in [-0.2, 0) is 9.59 Å². The van der Waals surface area contributed by atoms with E-state index >= 15 is 0 Å². The van der Waals surface area contributed by atoms with Gasteiger partial charge < -0.3 is 16.2 Å². The van der Waals surface area contributed by atoms with Crippen molar-refractivity contribution in [2.45, 2.75) is 66.0 Å². The van der Waals surface area contributed by atoms with E-state index in [4.69, 9.17) is 10.8 Å². The van der Waals surface area contributed by atoms with Gasteiger partial charge in [0.1, 0.15) is 0 Å². The van der Waals surface area contributed by atoms with E-state index in [1.807, 2.05) is 20.8 Å². The number of amides is 1. The van der Waals surface area contributed by atoms with E-state index < -0.39 is 12.0 Å². The molecule has 0 aromatic carbocycles. The number of hydrogen-bond acceptors (Lipinski definition) is 3. The number of carboxylic acids is 1. The fourth-order valence-electron chi connectivity index (χ4n) is 2.12. The molecule has 0 heterocycles. The standard InChI is InChI=1S/C15H30N2O3/c1-6-9(3)11(5)12(8-13(18)19)17-15(20)14(16)10(4)7-2/h9-12,14H,6-8,16H2,1-5H3,(H,17,20)(H,18,19)/t9?,10?,11?,12?,14-/m0/s1. The summed E-state index contributed by atoms with van der Waals surface area (Å²) in [5, 5.41) is 11.8. The number of rotatable bonds is 9. The molecule has 1 amide bonds. The first-order valence-corrected chi connectivity index (χ1v) is 7.52. The number of carboxylic acid groups (broad SMARTS) is 1. The van der Waals surface area contributed by atoms with Crippen molar-refractivity contribution in [3.8, 4) is 0 Å². The van der Waals surface area contributed by atoms with Crippen LogP contribution < -0.4 is 11.1 Å². The van der Waals surface area contributed by atoms with Crippen molar-refractivity contribution in [1.82, 2.24) is 5.32 Å². The summed E-state index contributed by atoms with van der Waals surface area (Å²) in [5.41, 5.74) is 5.90. The van der Waals surface area contributed by atoms with Gasteiger partial charge in [-0.3, -0.25) is 9.59 Å². The van der Waals surface area contributed by atoms with Crippen molar-refractivity contribution in [2.75, 3.05) is 0 Å². The summed E-state index contributed by atoms with van der Waals surface area (Å²) >= 11 is 0. The molecule has 4 unspecified atom stereocenters. The van der Waals surface area contributed by atoms with Crippen molar-refractivity contribution in [1.29, 1.82) is 0 Å². The highest BCUT2D eigenvalue weighted by Gasteiger charge is 2.28. The van der Waals surface area contributed by atoms with Gasteiger partial charge in [-0.15, -0.1) is 0 Å². The number of aliphatic carboxylic acids is 1. The van der Waals surface area contributed by atoms with E-state index in [0.29, 0.717) is 5.92 Å². The highest BCUT2D eigenvalue weighted by molar-refractivity contribution is 5.82. The molecule has 0 aliphatic rings. The lowest BCUT2D eigenvalue weighted by Crippen LogP contribution is -2.51. The van der Waals surface area contributed by atoms with Gasteiger partial charge in [-0.2, -0.15) is 0 Å². The van der Waals surface area contributed by atoms with Gasteiger partial charge in [0, 0.05) is 6.04 Å². The number of nitrogens with one attached hydrogen (secondary N) is 1. The van der Waals surface area contributed by atoms with Gasteiger partial charge >= 0.3 is 5.97 Å². The van der Waals surface area contributed by atoms with Gasteiger partial charge in [-0.05, 0) is 17.8 Å². The topological polar surface area (TPSA) is 92.4 Å². The SMILES string of the molecule is CCC(C)C(C)C(CC(=O)O)NC(=O)[C@@H](N)C(C)CC. The Morgan fingerprint density at radius 2 is 1.60 bits per heavy atom. The summed E-state index contributed by atoms with van der Waals surface area (Å²) in [6.45, 7) is 10.0. The first-order valence-electron chi connectivity index (χ1n) is 7.52. The normalized spacial score (nSPS) is 18.7. The molecule has 5 heteroatoms. The van der Waals surface area contributed by atoms with Crippen molar-refractivity contribution in [2.24, 2.45) is 23.5 Å². The lowest BCUT2D eigenvalue weighted by Gasteiger charge is -2.30. The third-order valence-electron chi connectivity index (χ3n) is 4.46. The second-order valence-corrected chi connectivity index (χ2v) is 5.87. The minimum atomic E-state index is -0.900. The molecular formula is C15H30N2O3. The molecule has 5 atom stereocenters. The molecule has 0 aromatic heterocycles. The van der Waals surface area contributed by atoms with Crippen LogP contribution in [0, 0.1) is 17.8 Å². The average molecular weight is 286 g/mol. The van der Waals surface area contributed by atoms with Crippen LogP contribution in [0.5, 0.6) is 0 Å². The van der Waals surface area contributed by atoms with E-state index in [1.54, 1.807) is 0 Å². The lowest BCUT2D eigenvalue weighted by molar-refractivity contribution is -0.138. The Morgan fingerprint density at radius 1 is 1.10 bits per heavy atom. The van der Waals surface area contributed by atoms with Crippen LogP contribution in [0.2, 0.25) is 0 Å². The molecule has 0 fully saturated rings. The number of carbonyl (C=O) groups excluding carboxylic acids is 1. The Labute approximate surface area is 122 Å². The van der Waals surface area contributed by atoms with Gasteiger partial charge in [-0.1, -0.05) is 47.5 Å². The van der Waals surface area contributed by atoms with Crippen LogP contribution in [0.3, 0.4) is 0 Å². The van der Waals surface area contributed by atoms with E-state index in [1.165, 1.54) is 0 Å². The fourth-order valence-corrected chi connectivity index (χ4v) is 2.12. The van der Waals surface area contributed by atoms with Crippen LogP contribution in [0.25, 0.3) is 0 Å². The summed E-state index contributed by atoms with van der Waals surface area (Å²) in [5.74, 6) is -0.619. The van der Waals surface area contributed by atoms with Crippen molar-refractivity contribution in [3.63, 3.8) is 0 Å². The average Bonchev–Trinajstić information content (AvgIpc) is 2.42. The zero-order valence-electron chi connectivity index (χ0n) is 13.3. The molecular weight excluding hydrogens is 256 g/mol. The van der Waals surface area contributed by atoms with Crippen LogP contribution in [0.1, 0.15) is 53.9 Å².